The van der Waals surface area contributed by atoms with Gasteiger partial charge in [0.2, 0.25) is 0 Å². The first kappa shape index (κ1) is 70.6. The van der Waals surface area contributed by atoms with Crippen molar-refractivity contribution in [2.75, 3.05) is 0 Å². The summed E-state index contributed by atoms with van der Waals surface area (Å²) in [6.45, 7) is 63.8. The molecule has 0 bridgehead atoms. The van der Waals surface area contributed by atoms with E-state index in [9.17, 15) is 10.2 Å². The Hall–Kier alpha value is -7.22. The zero-order valence-corrected chi connectivity index (χ0v) is 64.4. The van der Waals surface area contributed by atoms with E-state index in [4.69, 9.17) is 8.85 Å². The fourth-order valence-electron chi connectivity index (χ4n) is 15.4. The molecule has 0 amide bonds. The van der Waals surface area contributed by atoms with Gasteiger partial charge in [0.1, 0.15) is 23.0 Å². The minimum absolute atomic E-state index is 0.00503. The van der Waals surface area contributed by atoms with Gasteiger partial charge in [0.15, 0.2) is 0 Å². The summed E-state index contributed by atoms with van der Waals surface area (Å²) in [6.07, 6.45) is 1.81. The molecule has 0 saturated carbocycles. The number of hydrogen-bond acceptors (Lipinski definition) is 4. The quantitative estimate of drug-likeness (QED) is 0.106. The molecule has 0 aliphatic rings. The van der Waals surface area contributed by atoms with E-state index >= 15 is 0 Å². The molecule has 10 aromatic rings. The van der Waals surface area contributed by atoms with E-state index in [0.29, 0.717) is 22.6 Å². The first-order chi connectivity index (χ1) is 43.6. The third-order valence-corrected chi connectivity index (χ3v) is 24.5. The van der Waals surface area contributed by atoms with Crippen LogP contribution in [-0.4, -0.2) is 27.9 Å². The van der Waals surface area contributed by atoms with Crippen molar-refractivity contribution in [2.45, 2.75) is 250 Å². The van der Waals surface area contributed by atoms with Crippen LogP contribution < -0.4 is 8.85 Å². The van der Waals surface area contributed by atoms with Crippen LogP contribution in [0, 0.1) is 24.7 Å². The van der Waals surface area contributed by atoms with Crippen molar-refractivity contribution in [3.63, 3.8) is 0 Å². The second kappa shape index (κ2) is 24.1. The average Bonchev–Trinajstić information content (AvgIpc) is 1.62. The highest BCUT2D eigenvalue weighted by Gasteiger charge is 2.51. The molecule has 6 nitrogen and oxygen atoms in total. The van der Waals surface area contributed by atoms with Crippen LogP contribution in [0.25, 0.3) is 77.2 Å². The second-order valence-corrected chi connectivity index (χ2v) is 41.0. The number of hydrogen-bond donors (Lipinski definition) is 2. The van der Waals surface area contributed by atoms with Crippen LogP contribution in [0.4, 0.5) is 0 Å². The van der Waals surface area contributed by atoms with Crippen LogP contribution >= 0.6 is 0 Å². The van der Waals surface area contributed by atoms with Gasteiger partial charge in [-0.1, -0.05) is 228 Å². The minimum atomic E-state index is -3.53. The van der Waals surface area contributed by atoms with Crippen LogP contribution in [0.15, 0.2) is 133 Å². The summed E-state index contributed by atoms with van der Waals surface area (Å²) in [7, 11) is -3.53. The predicted molar refractivity (Wildman–Crippen MR) is 411 cm³/mol. The molecule has 2 heterocycles. The highest BCUT2D eigenvalue weighted by molar-refractivity contribution is 6.71. The summed E-state index contributed by atoms with van der Waals surface area (Å²) in [5.41, 5.74) is 17.0. The number of aromatic nitrogens is 2. The molecule has 2 aromatic heterocycles. The molecule has 0 saturated heterocycles. The lowest BCUT2D eigenvalue weighted by molar-refractivity contribution is 0.283. The topological polar surface area (TPSA) is 68.8 Å². The van der Waals surface area contributed by atoms with Gasteiger partial charge in [-0.05, 0) is 200 Å². The Morgan fingerprint density at radius 2 is 0.611 bits per heavy atom. The predicted octanol–water partition coefficient (Wildman–Crippen LogP) is 25.6. The summed E-state index contributed by atoms with van der Waals surface area (Å²) in [6, 6.07) is 49.4. The van der Waals surface area contributed by atoms with Gasteiger partial charge >= 0.3 is 8.56 Å². The van der Waals surface area contributed by atoms with E-state index in [1.54, 1.807) is 0 Å². The van der Waals surface area contributed by atoms with Crippen LogP contribution in [0.2, 0.25) is 11.1 Å². The van der Waals surface area contributed by atoms with Gasteiger partial charge in [0, 0.05) is 54.9 Å². The highest BCUT2D eigenvalue weighted by atomic mass is 28.4. The number of phenolic OH excluding ortho intramolecular Hbond substituents is 2. The molecule has 95 heavy (non-hydrogen) atoms. The lowest BCUT2D eigenvalue weighted by atomic mass is 9.71. The monoisotopic (exact) mass is 1290 g/mol. The van der Waals surface area contributed by atoms with Crippen molar-refractivity contribution in [1.29, 1.82) is 0 Å². The van der Waals surface area contributed by atoms with E-state index in [1.807, 2.05) is 0 Å². The molecule has 10 rings (SSSR count). The van der Waals surface area contributed by atoms with Gasteiger partial charge in [-0.3, -0.25) is 0 Å². The zero-order valence-electron chi connectivity index (χ0n) is 63.4. The molecular weight excluding hydrogens is 1180 g/mol. The summed E-state index contributed by atoms with van der Waals surface area (Å²) in [5, 5.41) is 31.9. The first-order valence-electron chi connectivity index (χ1n) is 35.1. The van der Waals surface area contributed by atoms with Gasteiger partial charge in [0.05, 0.1) is 33.4 Å². The third kappa shape index (κ3) is 13.8. The van der Waals surface area contributed by atoms with E-state index < -0.39 is 8.56 Å². The maximum Gasteiger partial charge on any atom is 0.465 e. The highest BCUT2D eigenvalue weighted by Crippen LogP contribution is 2.53. The van der Waals surface area contributed by atoms with Crippen molar-refractivity contribution in [1.82, 2.24) is 9.13 Å². The number of aryl methyl sites for hydroxylation is 2. The Kier molecular flexibility index (Phi) is 17.9. The lowest BCUT2D eigenvalue weighted by Crippen LogP contribution is -2.54. The molecule has 0 unspecified atom stereocenters. The van der Waals surface area contributed by atoms with Crippen LogP contribution in [-0.2, 0) is 32.5 Å². The molecule has 2 N–H and O–H groups in total. The summed E-state index contributed by atoms with van der Waals surface area (Å²) < 4.78 is 20.5. The number of nitrogens with zero attached hydrogens (tertiary/aromatic N) is 2. The number of phenols is 2. The van der Waals surface area contributed by atoms with Crippen molar-refractivity contribution >= 4 is 52.2 Å². The zero-order chi connectivity index (χ0) is 70.2. The molecule has 504 valence electrons. The van der Waals surface area contributed by atoms with E-state index in [1.165, 1.54) is 22.3 Å². The summed E-state index contributed by atoms with van der Waals surface area (Å²) in [4.78, 5) is 0. The smallest absolute Gasteiger partial charge is 0.465 e. The summed E-state index contributed by atoms with van der Waals surface area (Å²) in [5.74, 6) is 1.68. The van der Waals surface area contributed by atoms with Gasteiger partial charge < -0.3 is 28.2 Å². The molecular formula is C88H114N2O4Si. The lowest BCUT2D eigenvalue weighted by Gasteiger charge is -2.39. The summed E-state index contributed by atoms with van der Waals surface area (Å²) >= 11 is 0. The Morgan fingerprint density at radius 1 is 0.337 bits per heavy atom. The third-order valence-electron chi connectivity index (χ3n) is 20.2. The fraction of sp³-hybridized carbons (Fsp3) is 0.455. The average molecular weight is 1290 g/mol. The number of rotatable bonds is 14. The van der Waals surface area contributed by atoms with Gasteiger partial charge in [0.25, 0.3) is 0 Å². The Bertz CT molecular complexity index is 4160. The standard InChI is InChI=1S/C88H114N2O4Si/c1-53(2)95(54(3)4,93-77-39-29-55(5)41-67(77)69-47-61(87(25,26)51-81(7,8)9)49-75(79(69)91)89-71-35-31-57(83(13,14)15)43-63(71)64-44-58(84(16,17)18)32-36-72(64)89)94-78-40-30-56(6)42-68(78)70-48-62(88(27,28)52-82(10,11)12)50-76(80(70)92)90-73-37-33-59(85(19,20)21)45-65(73)66-46-60(86(22,23)24)34-38-74(66)90/h29-50,53-54,91-92H,51-52H2,1-28H3. The molecule has 0 fully saturated rings. The molecule has 0 aliphatic heterocycles. The van der Waals surface area contributed by atoms with Crippen molar-refractivity contribution in [3.05, 3.63) is 178 Å². The van der Waals surface area contributed by atoms with Crippen molar-refractivity contribution in [3.8, 4) is 56.6 Å². The van der Waals surface area contributed by atoms with Crippen LogP contribution in [0.5, 0.6) is 23.0 Å². The number of benzene rings is 8. The fourth-order valence-corrected chi connectivity index (χ4v) is 18.8. The Balaban J connectivity index is 1.21. The Morgan fingerprint density at radius 3 is 0.853 bits per heavy atom. The van der Waals surface area contributed by atoms with Crippen molar-refractivity contribution in [2.24, 2.45) is 10.8 Å². The number of aromatic hydroxyl groups is 2. The molecule has 8 aromatic carbocycles. The molecule has 7 heteroatoms. The normalized spacial score (nSPS) is 13.6. The first-order valence-corrected chi connectivity index (χ1v) is 37.1. The number of fused-ring (bicyclic) bond motifs is 6. The SMILES string of the molecule is Cc1ccc(O[Si](Oc2ccc(C)cc2-c2cc(C(C)(C)CC(C)(C)C)cc(-n3c4ccc(C(C)(C)C)cc4c4cc(C(C)(C)C)ccc43)c2O)(C(C)C)C(C)C)c(-c2cc(C(C)(C)CC(C)(C)C)cc(-n3c4ccc(C(C)(C)C)cc4c4cc(C(C)(C)C)ccc43)c2O)c1. The molecule has 0 radical (unpaired) electrons. The van der Waals surface area contributed by atoms with Crippen LogP contribution in [0.3, 0.4) is 0 Å². The van der Waals surface area contributed by atoms with Gasteiger partial charge in [-0.15, -0.1) is 0 Å². The van der Waals surface area contributed by atoms with Gasteiger partial charge in [-0.25, -0.2) is 0 Å². The molecule has 0 atom stereocenters. The largest absolute Gasteiger partial charge is 0.511 e. The van der Waals surface area contributed by atoms with Gasteiger partial charge in [-0.2, -0.15) is 0 Å². The van der Waals surface area contributed by atoms with Crippen molar-refractivity contribution < 1.29 is 19.1 Å². The second-order valence-electron chi connectivity index (χ2n) is 36.9. The maximum atomic E-state index is 13.6. The van der Waals surface area contributed by atoms with E-state index in [-0.39, 0.29) is 65.9 Å². The molecule has 0 aliphatic carbocycles. The molecule has 0 spiro atoms. The Labute approximate surface area is 572 Å². The maximum absolute atomic E-state index is 13.6. The van der Waals surface area contributed by atoms with Crippen LogP contribution in [0.1, 0.15) is 237 Å². The van der Waals surface area contributed by atoms with E-state index in [0.717, 1.165) is 101 Å². The minimum Gasteiger partial charge on any atom is -0.511 e. The van der Waals surface area contributed by atoms with E-state index in [2.05, 4.69) is 336 Å².